The van der Waals surface area contributed by atoms with E-state index in [9.17, 15) is 4.39 Å². The lowest BCUT2D eigenvalue weighted by molar-refractivity contribution is 0.372. The third-order valence-electron chi connectivity index (χ3n) is 3.52. The van der Waals surface area contributed by atoms with Crippen LogP contribution in [-0.4, -0.2) is 30.5 Å². The van der Waals surface area contributed by atoms with E-state index in [0.29, 0.717) is 12.5 Å². The molecule has 0 unspecified atom stereocenters. The summed E-state index contributed by atoms with van der Waals surface area (Å²) in [7, 11) is 1.74. The number of nitrogens with zero attached hydrogens (tertiary/aromatic N) is 2. The maximum Gasteiger partial charge on any atom is 0.191 e. The Hall–Kier alpha value is -2.02. The fraction of sp³-hybridized carbons (Fsp3) is 0.444. The molecule has 1 heterocycles. The van der Waals surface area contributed by atoms with Gasteiger partial charge in [0.2, 0.25) is 0 Å². The first-order chi connectivity index (χ1) is 12.1. The molecule has 2 rings (SSSR count). The topological polar surface area (TPSA) is 62.5 Å². The van der Waals surface area contributed by atoms with Crippen molar-refractivity contribution in [3.8, 4) is 0 Å². The van der Waals surface area contributed by atoms with Crippen LogP contribution < -0.4 is 10.6 Å². The van der Waals surface area contributed by atoms with E-state index in [1.54, 1.807) is 30.9 Å². The van der Waals surface area contributed by atoms with Gasteiger partial charge in [-0.2, -0.15) is 0 Å². The summed E-state index contributed by atoms with van der Waals surface area (Å²) in [4.78, 5) is 5.27. The summed E-state index contributed by atoms with van der Waals surface area (Å²) >= 11 is 1.71. The highest BCUT2D eigenvalue weighted by atomic mass is 32.2. The molecule has 0 saturated heterocycles. The van der Waals surface area contributed by atoms with Crippen molar-refractivity contribution in [1.82, 2.24) is 15.8 Å². The molecule has 0 radical (unpaired) electrons. The molecule has 1 aromatic heterocycles. The van der Waals surface area contributed by atoms with E-state index in [-0.39, 0.29) is 5.82 Å². The Kier molecular flexibility index (Phi) is 7.78. The fourth-order valence-electron chi connectivity index (χ4n) is 2.08. The summed E-state index contributed by atoms with van der Waals surface area (Å²) in [6, 6.07) is 8.54. The van der Waals surface area contributed by atoms with Gasteiger partial charge in [0.15, 0.2) is 11.7 Å². The number of aliphatic imine (C=N–C) groups is 1. The Labute approximate surface area is 152 Å². The van der Waals surface area contributed by atoms with Crippen molar-refractivity contribution in [3.05, 3.63) is 47.6 Å². The van der Waals surface area contributed by atoms with Gasteiger partial charge in [-0.05, 0) is 42.4 Å². The molecule has 25 heavy (non-hydrogen) atoms. The summed E-state index contributed by atoms with van der Waals surface area (Å²) in [6.07, 6.45) is 0.975. The van der Waals surface area contributed by atoms with Crippen LogP contribution >= 0.6 is 11.8 Å². The number of hydrogen-bond acceptors (Lipinski definition) is 4. The summed E-state index contributed by atoms with van der Waals surface area (Å²) in [6.45, 7) is 5.52. The second kappa shape index (κ2) is 10.1. The lowest BCUT2D eigenvalue weighted by Gasteiger charge is -2.10. The zero-order chi connectivity index (χ0) is 18.1. The average molecular weight is 364 g/mol. The fourth-order valence-corrected chi connectivity index (χ4v) is 2.93. The Bertz CT molecular complexity index is 670. The largest absolute Gasteiger partial charge is 0.359 e. The predicted molar refractivity (Wildman–Crippen MR) is 101 cm³/mol. The average Bonchev–Trinajstić information content (AvgIpc) is 3.08. The van der Waals surface area contributed by atoms with Gasteiger partial charge in [-0.15, -0.1) is 11.8 Å². The van der Waals surface area contributed by atoms with Crippen molar-refractivity contribution in [2.24, 2.45) is 4.99 Å². The lowest BCUT2D eigenvalue weighted by Crippen LogP contribution is -2.37. The van der Waals surface area contributed by atoms with Gasteiger partial charge in [-0.3, -0.25) is 4.99 Å². The van der Waals surface area contributed by atoms with Gasteiger partial charge in [0.25, 0.3) is 0 Å². The molecule has 0 spiro atoms. The summed E-state index contributed by atoms with van der Waals surface area (Å²) in [5.41, 5.74) is 0.956. The highest BCUT2D eigenvalue weighted by molar-refractivity contribution is 7.99. The minimum Gasteiger partial charge on any atom is -0.359 e. The van der Waals surface area contributed by atoms with Crippen LogP contribution in [0.3, 0.4) is 0 Å². The third kappa shape index (κ3) is 6.78. The minimum absolute atomic E-state index is 0.201. The molecule has 0 amide bonds. The summed E-state index contributed by atoms with van der Waals surface area (Å²) in [5, 5.41) is 10.5. The van der Waals surface area contributed by atoms with Crippen LogP contribution in [-0.2, 0) is 6.54 Å². The number of rotatable bonds is 8. The normalized spacial score (nSPS) is 11.8. The van der Waals surface area contributed by atoms with Crippen molar-refractivity contribution in [2.75, 3.05) is 19.3 Å². The lowest BCUT2D eigenvalue weighted by atomic mass is 10.1. The Morgan fingerprint density at radius 3 is 2.68 bits per heavy atom. The Morgan fingerprint density at radius 2 is 2.04 bits per heavy atom. The number of hydrogen-bond donors (Lipinski definition) is 2. The Morgan fingerprint density at radius 1 is 1.28 bits per heavy atom. The van der Waals surface area contributed by atoms with Crippen molar-refractivity contribution < 1.29 is 8.91 Å². The second-order valence-corrected chi connectivity index (χ2v) is 7.05. The quantitative estimate of drug-likeness (QED) is 0.323. The Balaban J connectivity index is 1.63. The molecule has 0 saturated carbocycles. The molecule has 1 aromatic carbocycles. The maximum absolute atomic E-state index is 12.8. The van der Waals surface area contributed by atoms with E-state index < -0.39 is 0 Å². The van der Waals surface area contributed by atoms with Gasteiger partial charge in [0.1, 0.15) is 5.82 Å². The first-order valence-corrected chi connectivity index (χ1v) is 9.35. The van der Waals surface area contributed by atoms with Gasteiger partial charge in [0.05, 0.1) is 12.2 Å². The van der Waals surface area contributed by atoms with E-state index in [1.807, 2.05) is 6.07 Å². The first-order valence-electron chi connectivity index (χ1n) is 8.37. The van der Waals surface area contributed by atoms with Crippen molar-refractivity contribution in [3.63, 3.8) is 0 Å². The van der Waals surface area contributed by atoms with Crippen molar-refractivity contribution >= 4 is 17.7 Å². The molecule has 2 aromatic rings. The molecule has 0 aliphatic heterocycles. The summed E-state index contributed by atoms with van der Waals surface area (Å²) in [5.74, 6) is 2.63. The first kappa shape index (κ1) is 19.3. The number of halogens is 1. The number of thioether (sulfide) groups is 1. The molecule has 0 aliphatic rings. The number of nitrogens with one attached hydrogen (secondary N) is 2. The second-order valence-electron chi connectivity index (χ2n) is 5.88. The monoisotopic (exact) mass is 364 g/mol. The molecule has 136 valence electrons. The zero-order valence-electron chi connectivity index (χ0n) is 14.9. The summed E-state index contributed by atoms with van der Waals surface area (Å²) < 4.78 is 18.1. The van der Waals surface area contributed by atoms with Gasteiger partial charge >= 0.3 is 0 Å². The van der Waals surface area contributed by atoms with Crippen LogP contribution in [0, 0.1) is 5.82 Å². The van der Waals surface area contributed by atoms with E-state index in [4.69, 9.17) is 4.52 Å². The molecule has 0 aliphatic carbocycles. The van der Waals surface area contributed by atoms with Gasteiger partial charge < -0.3 is 15.2 Å². The smallest absolute Gasteiger partial charge is 0.191 e. The molecule has 0 atom stereocenters. The molecular formula is C18H25FN4OS. The number of aromatic nitrogens is 1. The van der Waals surface area contributed by atoms with E-state index >= 15 is 0 Å². The van der Waals surface area contributed by atoms with Crippen LogP contribution in [0.25, 0.3) is 0 Å². The molecule has 2 N–H and O–H groups in total. The predicted octanol–water partition coefficient (Wildman–Crippen LogP) is 3.78. The third-order valence-corrected chi connectivity index (χ3v) is 4.62. The zero-order valence-corrected chi connectivity index (χ0v) is 15.7. The van der Waals surface area contributed by atoms with Gasteiger partial charge in [-0.25, -0.2) is 4.39 Å². The van der Waals surface area contributed by atoms with Crippen LogP contribution in [0.2, 0.25) is 0 Å². The highest BCUT2D eigenvalue weighted by Crippen LogP contribution is 2.18. The van der Waals surface area contributed by atoms with E-state index in [1.165, 1.54) is 12.1 Å². The standard InChI is InChI=1S/C18H25FN4OS/c1-13(2)17-11-15(24-23-17)12-22-18(20-3)21-9-4-10-25-16-7-5-14(19)6-8-16/h5-8,11,13H,4,9-10,12H2,1-3H3,(H2,20,21,22). The SMILES string of the molecule is CN=C(NCCCSc1ccc(F)cc1)NCc1cc(C(C)C)no1. The van der Waals surface area contributed by atoms with Crippen LogP contribution in [0.15, 0.2) is 44.7 Å². The van der Waals surface area contributed by atoms with Crippen LogP contribution in [0.1, 0.15) is 37.6 Å². The van der Waals surface area contributed by atoms with E-state index in [2.05, 4.69) is 34.6 Å². The molecule has 7 heteroatoms. The highest BCUT2D eigenvalue weighted by Gasteiger charge is 2.08. The molecular weight excluding hydrogens is 339 g/mol. The number of guanidine groups is 1. The molecule has 5 nitrogen and oxygen atoms in total. The van der Waals surface area contributed by atoms with Crippen LogP contribution in [0.4, 0.5) is 4.39 Å². The van der Waals surface area contributed by atoms with E-state index in [0.717, 1.165) is 41.0 Å². The van der Waals surface area contributed by atoms with Crippen molar-refractivity contribution in [1.29, 1.82) is 0 Å². The minimum atomic E-state index is -0.201. The van der Waals surface area contributed by atoms with Crippen molar-refractivity contribution in [2.45, 2.75) is 37.6 Å². The van der Waals surface area contributed by atoms with Gasteiger partial charge in [-0.1, -0.05) is 19.0 Å². The molecule has 0 bridgehead atoms. The van der Waals surface area contributed by atoms with Crippen LogP contribution in [0.5, 0.6) is 0 Å². The van der Waals surface area contributed by atoms with Gasteiger partial charge in [0, 0.05) is 24.6 Å². The maximum atomic E-state index is 12.8. The number of benzene rings is 1. The molecule has 0 fully saturated rings.